The molecule has 0 unspecified atom stereocenters. The highest BCUT2D eigenvalue weighted by Crippen LogP contribution is 2.25. The van der Waals surface area contributed by atoms with Gasteiger partial charge >= 0.3 is 13.1 Å². The summed E-state index contributed by atoms with van der Waals surface area (Å²) in [5, 5.41) is 5.58. The highest BCUT2D eigenvalue weighted by molar-refractivity contribution is 6.51. The second kappa shape index (κ2) is 9.25. The second-order valence-electron chi connectivity index (χ2n) is 6.26. The minimum atomic E-state index is -0.827. The predicted octanol–water partition coefficient (Wildman–Crippen LogP) is 1.85. The van der Waals surface area contributed by atoms with Crippen LogP contribution in [0.3, 0.4) is 0 Å². The van der Waals surface area contributed by atoms with Crippen molar-refractivity contribution < 1.29 is 23.7 Å². The van der Waals surface area contributed by atoms with Crippen LogP contribution >= 0.6 is 23.2 Å². The Morgan fingerprint density at radius 2 is 2.04 bits per heavy atom. The van der Waals surface area contributed by atoms with Gasteiger partial charge in [-0.25, -0.2) is 0 Å². The van der Waals surface area contributed by atoms with Gasteiger partial charge in [0.25, 0.3) is 5.91 Å². The molecule has 0 saturated carbocycles. The molecule has 0 bridgehead atoms. The smallest absolute Gasteiger partial charge is 0.507 e. The number of nitrogens with one attached hydrogen (secondary N) is 2. The molecule has 7 nitrogen and oxygen atoms in total. The van der Waals surface area contributed by atoms with E-state index in [9.17, 15) is 14.4 Å². The molecule has 0 aromatic heterocycles. The molecule has 0 spiro atoms. The van der Waals surface area contributed by atoms with Crippen LogP contribution in [0.25, 0.3) is 0 Å². The molecule has 10 heteroatoms. The van der Waals surface area contributed by atoms with Crippen LogP contribution in [0.15, 0.2) is 18.2 Å². The fourth-order valence-electron chi connectivity index (χ4n) is 2.48. The molecule has 0 radical (unpaired) electrons. The third-order valence-electron chi connectivity index (χ3n) is 3.62. The first-order valence-corrected chi connectivity index (χ1v) is 8.86. The molecule has 2 amide bonds. The van der Waals surface area contributed by atoms with Gasteiger partial charge in [0.15, 0.2) is 0 Å². The Morgan fingerprint density at radius 3 is 2.65 bits per heavy atom. The highest BCUT2D eigenvalue weighted by atomic mass is 35.5. The molecule has 2 rings (SSSR count). The average molecular weight is 401 g/mol. The third-order valence-corrected chi connectivity index (χ3v) is 4.44. The summed E-state index contributed by atoms with van der Waals surface area (Å²) in [4.78, 5) is 35.6. The molecular weight excluding hydrogens is 382 g/mol. The van der Waals surface area contributed by atoms with E-state index < -0.39 is 30.8 Å². The maximum atomic E-state index is 12.2. The lowest BCUT2D eigenvalue weighted by Gasteiger charge is -2.21. The van der Waals surface area contributed by atoms with Crippen LogP contribution in [0.5, 0.6) is 0 Å². The molecule has 1 atom stereocenters. The number of carbonyl (C=O) groups excluding carboxylic acids is 3. The Bertz CT molecular complexity index is 701. The monoisotopic (exact) mass is 400 g/mol. The fourth-order valence-corrected chi connectivity index (χ4v) is 2.87. The van der Waals surface area contributed by atoms with Crippen LogP contribution in [0.1, 0.15) is 30.6 Å². The summed E-state index contributed by atoms with van der Waals surface area (Å²) >= 11 is 11.9. The van der Waals surface area contributed by atoms with Crippen LogP contribution in [0, 0.1) is 5.92 Å². The van der Waals surface area contributed by atoms with E-state index in [4.69, 9.17) is 32.5 Å². The van der Waals surface area contributed by atoms with Gasteiger partial charge in [-0.2, -0.15) is 0 Å². The van der Waals surface area contributed by atoms with Gasteiger partial charge in [0, 0.05) is 0 Å². The minimum Gasteiger partial charge on any atom is -0.507 e. The lowest BCUT2D eigenvalue weighted by Crippen LogP contribution is -2.50. The zero-order valence-electron chi connectivity index (χ0n) is 14.4. The summed E-state index contributed by atoms with van der Waals surface area (Å²) in [6.07, 6.45) is 0.553. The molecule has 1 saturated heterocycles. The summed E-state index contributed by atoms with van der Waals surface area (Å²) in [6, 6.07) is 4.66. The molecule has 1 aromatic carbocycles. The Balaban J connectivity index is 1.92. The second-order valence-corrected chi connectivity index (χ2v) is 7.04. The van der Waals surface area contributed by atoms with Gasteiger partial charge in [0.05, 0.1) is 28.1 Å². The molecule has 2 N–H and O–H groups in total. The molecule has 1 aliphatic rings. The normalized spacial score (nSPS) is 15.0. The van der Waals surface area contributed by atoms with Gasteiger partial charge in [0.2, 0.25) is 5.91 Å². The number of carbonyl (C=O) groups is 3. The predicted molar refractivity (Wildman–Crippen MR) is 98.0 cm³/mol. The van der Waals surface area contributed by atoms with Crippen molar-refractivity contribution in [3.05, 3.63) is 33.8 Å². The van der Waals surface area contributed by atoms with Crippen molar-refractivity contribution in [3.8, 4) is 0 Å². The molecule has 1 fully saturated rings. The number of hydrogen-bond acceptors (Lipinski definition) is 5. The summed E-state index contributed by atoms with van der Waals surface area (Å²) in [5.74, 6) is -1.68. The zero-order chi connectivity index (χ0) is 19.3. The molecule has 26 heavy (non-hydrogen) atoms. The van der Waals surface area contributed by atoms with Crippen molar-refractivity contribution in [2.45, 2.75) is 26.2 Å². The van der Waals surface area contributed by atoms with Crippen LogP contribution in [-0.4, -0.2) is 44.0 Å². The summed E-state index contributed by atoms with van der Waals surface area (Å²) in [5.41, 5.74) is 0.179. The van der Waals surface area contributed by atoms with Gasteiger partial charge < -0.3 is 19.9 Å². The van der Waals surface area contributed by atoms with Gasteiger partial charge in [0.1, 0.15) is 6.61 Å². The van der Waals surface area contributed by atoms with E-state index in [-0.39, 0.29) is 34.7 Å². The Kier molecular flexibility index (Phi) is 7.31. The first kappa shape index (κ1) is 20.5. The lowest BCUT2D eigenvalue weighted by molar-refractivity contribution is -0.132. The van der Waals surface area contributed by atoms with Crippen molar-refractivity contribution in [1.29, 1.82) is 0 Å². The van der Waals surface area contributed by atoms with E-state index in [1.807, 2.05) is 13.8 Å². The van der Waals surface area contributed by atoms with E-state index in [0.29, 0.717) is 6.42 Å². The molecule has 0 aliphatic carbocycles. The Labute approximate surface area is 161 Å². The van der Waals surface area contributed by atoms with Gasteiger partial charge in [-0.05, 0) is 24.5 Å². The number of rotatable bonds is 7. The van der Waals surface area contributed by atoms with Gasteiger partial charge in [-0.15, -0.1) is 0 Å². The summed E-state index contributed by atoms with van der Waals surface area (Å²) < 4.78 is 10.3. The van der Waals surface area contributed by atoms with Crippen LogP contribution in [0.2, 0.25) is 10.0 Å². The minimum absolute atomic E-state index is 0.121. The number of benzene rings is 1. The standard InChI is InChI=1S/C16H19BCl2N2O5/c1-9(2)6-12(17-25-8-14(23)26-17)21-13(22)7-20-16(24)10-4-3-5-11(18)15(10)19/h3-5,9,12H,6-8H2,1-2H3,(H,20,24)(H,21,22)/t12-/m0/s1. The van der Waals surface area contributed by atoms with E-state index in [0.717, 1.165) is 0 Å². The van der Waals surface area contributed by atoms with E-state index >= 15 is 0 Å². The van der Waals surface area contributed by atoms with E-state index in [1.165, 1.54) is 6.07 Å². The van der Waals surface area contributed by atoms with Crippen molar-refractivity contribution in [1.82, 2.24) is 10.6 Å². The van der Waals surface area contributed by atoms with E-state index in [1.54, 1.807) is 12.1 Å². The number of halogens is 2. The summed E-state index contributed by atoms with van der Waals surface area (Å²) in [6.45, 7) is 3.54. The average Bonchev–Trinajstić information content (AvgIpc) is 3.00. The molecular formula is C16H19BCl2N2O5. The SMILES string of the molecule is CC(C)C[C@H](NC(=O)CNC(=O)c1cccc(Cl)c1Cl)B1OCC(=O)O1. The van der Waals surface area contributed by atoms with Crippen molar-refractivity contribution in [3.63, 3.8) is 0 Å². The summed E-state index contributed by atoms with van der Waals surface area (Å²) in [7, 11) is -0.827. The largest absolute Gasteiger partial charge is 0.551 e. The molecule has 1 aromatic rings. The molecule has 140 valence electrons. The Morgan fingerprint density at radius 1 is 1.31 bits per heavy atom. The lowest BCUT2D eigenvalue weighted by atomic mass is 9.74. The van der Waals surface area contributed by atoms with Crippen LogP contribution < -0.4 is 10.6 Å². The third kappa shape index (κ3) is 5.62. The zero-order valence-corrected chi connectivity index (χ0v) is 15.9. The highest BCUT2D eigenvalue weighted by Gasteiger charge is 2.40. The fraction of sp³-hybridized carbons (Fsp3) is 0.438. The topological polar surface area (TPSA) is 93.7 Å². The molecule has 1 aliphatic heterocycles. The molecule has 1 heterocycles. The van der Waals surface area contributed by atoms with Gasteiger partial charge in [-0.1, -0.05) is 43.1 Å². The maximum Gasteiger partial charge on any atom is 0.551 e. The quantitative estimate of drug-likeness (QED) is 0.681. The van der Waals surface area contributed by atoms with Gasteiger partial charge in [-0.3, -0.25) is 14.4 Å². The van der Waals surface area contributed by atoms with E-state index in [2.05, 4.69) is 10.6 Å². The van der Waals surface area contributed by atoms with Crippen molar-refractivity contribution in [2.24, 2.45) is 5.92 Å². The van der Waals surface area contributed by atoms with Crippen LogP contribution in [-0.2, 0) is 18.9 Å². The van der Waals surface area contributed by atoms with Crippen LogP contribution in [0.4, 0.5) is 0 Å². The number of amides is 2. The Hall–Kier alpha value is -1.77. The van der Waals surface area contributed by atoms with Crippen molar-refractivity contribution in [2.75, 3.05) is 13.2 Å². The maximum absolute atomic E-state index is 12.2. The first-order chi connectivity index (χ1) is 12.3. The van der Waals surface area contributed by atoms with Crippen molar-refractivity contribution >= 4 is 48.1 Å². The number of hydrogen-bond donors (Lipinski definition) is 2. The first-order valence-electron chi connectivity index (χ1n) is 8.10.